The molecule has 3 aromatic rings. The van der Waals surface area contributed by atoms with Crippen LogP contribution in [-0.4, -0.2) is 50.1 Å². The van der Waals surface area contributed by atoms with Crippen LogP contribution in [0.1, 0.15) is 16.7 Å². The van der Waals surface area contributed by atoms with E-state index in [4.69, 9.17) is 4.74 Å². The van der Waals surface area contributed by atoms with Crippen LogP contribution < -0.4 is 5.32 Å². The van der Waals surface area contributed by atoms with Crippen LogP contribution in [0.3, 0.4) is 0 Å². The van der Waals surface area contributed by atoms with Crippen LogP contribution in [0.15, 0.2) is 96.7 Å². The molecule has 1 saturated heterocycles. The Morgan fingerprint density at radius 1 is 0.973 bits per heavy atom. The number of carbonyl (C=O) groups is 3. The van der Waals surface area contributed by atoms with E-state index < -0.39 is 34.8 Å². The highest BCUT2D eigenvalue weighted by atomic mass is 32.2. The summed E-state index contributed by atoms with van der Waals surface area (Å²) in [6.45, 7) is 0.0479. The summed E-state index contributed by atoms with van der Waals surface area (Å²) in [7, 11) is 0. The predicted molar refractivity (Wildman–Crippen MR) is 137 cm³/mol. The van der Waals surface area contributed by atoms with Crippen LogP contribution >= 0.6 is 11.8 Å². The lowest BCUT2D eigenvalue weighted by Crippen LogP contribution is -2.71. The zero-order valence-corrected chi connectivity index (χ0v) is 20.4. The van der Waals surface area contributed by atoms with E-state index in [2.05, 4.69) is 5.32 Å². The van der Waals surface area contributed by atoms with Crippen molar-refractivity contribution in [1.29, 1.82) is 0 Å². The van der Waals surface area contributed by atoms with Crippen molar-refractivity contribution in [1.82, 2.24) is 10.2 Å². The SMILES string of the molecule is O=C(O)C1=CCS[C@H]2C(NC(=O)C(OCc3ccc(O)cc3)(c3ccccc3)c3ccccc3)C(=O)N12. The molecule has 2 aliphatic heterocycles. The maximum atomic E-state index is 14.2. The number of phenolic OH excluding ortho intramolecular Hbond substituents is 1. The third-order valence-corrected chi connectivity index (χ3v) is 7.61. The minimum Gasteiger partial charge on any atom is -0.508 e. The third kappa shape index (κ3) is 4.47. The highest BCUT2D eigenvalue weighted by Crippen LogP contribution is 2.40. The number of thioether (sulfide) groups is 1. The molecular weight excluding hydrogens is 492 g/mol. The van der Waals surface area contributed by atoms with Gasteiger partial charge in [0.2, 0.25) is 0 Å². The van der Waals surface area contributed by atoms with Gasteiger partial charge in [0.25, 0.3) is 11.8 Å². The van der Waals surface area contributed by atoms with Gasteiger partial charge >= 0.3 is 5.97 Å². The first-order valence-electron chi connectivity index (χ1n) is 11.6. The molecule has 2 atom stereocenters. The number of hydrogen-bond acceptors (Lipinski definition) is 6. The molecule has 37 heavy (non-hydrogen) atoms. The molecule has 0 radical (unpaired) electrons. The smallest absolute Gasteiger partial charge is 0.352 e. The molecule has 2 aliphatic rings. The normalized spacial score (nSPS) is 18.9. The number of ether oxygens (including phenoxy) is 1. The fourth-order valence-corrected chi connectivity index (χ4v) is 5.77. The topological polar surface area (TPSA) is 116 Å². The molecule has 5 rings (SSSR count). The first kappa shape index (κ1) is 24.6. The highest BCUT2D eigenvalue weighted by molar-refractivity contribution is 8.00. The summed E-state index contributed by atoms with van der Waals surface area (Å²) < 4.78 is 6.46. The van der Waals surface area contributed by atoms with Crippen molar-refractivity contribution < 1.29 is 29.3 Å². The summed E-state index contributed by atoms with van der Waals surface area (Å²) >= 11 is 1.39. The number of nitrogens with one attached hydrogen (secondary N) is 1. The molecule has 3 aromatic carbocycles. The summed E-state index contributed by atoms with van der Waals surface area (Å²) in [5.74, 6) is -1.65. The van der Waals surface area contributed by atoms with E-state index in [0.717, 1.165) is 5.56 Å². The van der Waals surface area contributed by atoms with Gasteiger partial charge in [-0.25, -0.2) is 4.79 Å². The van der Waals surface area contributed by atoms with E-state index in [9.17, 15) is 24.6 Å². The van der Waals surface area contributed by atoms with E-state index in [0.29, 0.717) is 16.9 Å². The van der Waals surface area contributed by atoms with Gasteiger partial charge in [0, 0.05) is 5.75 Å². The average Bonchev–Trinajstić information content (AvgIpc) is 2.93. The molecule has 1 unspecified atom stereocenters. The lowest BCUT2D eigenvalue weighted by Gasteiger charge is -2.49. The number of aromatic hydroxyl groups is 1. The molecule has 2 heterocycles. The first-order valence-corrected chi connectivity index (χ1v) is 12.7. The highest BCUT2D eigenvalue weighted by Gasteiger charge is 2.55. The number of nitrogens with zero attached hydrogens (tertiary/aromatic N) is 1. The molecule has 3 N–H and O–H groups in total. The van der Waals surface area contributed by atoms with Crippen LogP contribution in [-0.2, 0) is 31.3 Å². The Hall–Kier alpha value is -4.08. The molecule has 2 amide bonds. The average molecular weight is 517 g/mol. The van der Waals surface area contributed by atoms with Crippen molar-refractivity contribution >= 4 is 29.5 Å². The van der Waals surface area contributed by atoms with Gasteiger partial charge in [0.1, 0.15) is 22.9 Å². The largest absolute Gasteiger partial charge is 0.508 e. The molecule has 0 saturated carbocycles. The molecule has 0 aromatic heterocycles. The Labute approximate surface area is 217 Å². The van der Waals surface area contributed by atoms with Crippen molar-refractivity contribution in [2.24, 2.45) is 0 Å². The lowest BCUT2D eigenvalue weighted by molar-refractivity contribution is -0.156. The summed E-state index contributed by atoms with van der Waals surface area (Å²) in [6.07, 6.45) is 1.50. The standard InChI is InChI=1S/C28H24N2O6S/c31-21-13-11-18(12-14-21)17-36-28(19-7-3-1-4-8-19,20-9-5-2-6-10-20)27(35)29-23-24(32)30-22(26(33)34)15-16-37-25(23)30/h1-15,23,25,31H,16-17H2,(H,29,35)(H,33,34)/t23?,25-/m0/s1. The predicted octanol–water partition coefficient (Wildman–Crippen LogP) is 3.22. The van der Waals surface area contributed by atoms with Crippen LogP contribution in [0.2, 0.25) is 0 Å². The minimum atomic E-state index is -1.61. The number of aliphatic carboxylic acids is 1. The van der Waals surface area contributed by atoms with E-state index >= 15 is 0 Å². The maximum absolute atomic E-state index is 14.2. The molecule has 0 aliphatic carbocycles. The number of phenols is 1. The number of amides is 2. The zero-order chi connectivity index (χ0) is 26.0. The number of carboxylic acid groups (broad SMARTS) is 1. The van der Waals surface area contributed by atoms with Crippen LogP contribution in [0.4, 0.5) is 0 Å². The quantitative estimate of drug-likeness (QED) is 0.394. The van der Waals surface area contributed by atoms with Crippen molar-refractivity contribution in [3.05, 3.63) is 113 Å². The maximum Gasteiger partial charge on any atom is 0.352 e. The van der Waals surface area contributed by atoms with Crippen molar-refractivity contribution in [2.75, 3.05) is 5.75 Å². The second kappa shape index (κ2) is 10.1. The van der Waals surface area contributed by atoms with E-state index in [1.165, 1.54) is 22.7 Å². The number of hydrogen-bond donors (Lipinski definition) is 3. The molecule has 8 nitrogen and oxygen atoms in total. The number of rotatable bonds is 8. The van der Waals surface area contributed by atoms with Crippen molar-refractivity contribution in [3.63, 3.8) is 0 Å². The van der Waals surface area contributed by atoms with E-state index in [1.54, 1.807) is 72.8 Å². The third-order valence-electron chi connectivity index (χ3n) is 6.42. The second-order valence-corrected chi connectivity index (χ2v) is 9.80. The Balaban J connectivity index is 1.51. The fraction of sp³-hybridized carbons (Fsp3) is 0.179. The van der Waals surface area contributed by atoms with Crippen LogP contribution in [0.5, 0.6) is 5.75 Å². The summed E-state index contributed by atoms with van der Waals surface area (Å²) in [5, 5.41) is 21.5. The van der Waals surface area contributed by atoms with Gasteiger partial charge in [-0.3, -0.25) is 14.5 Å². The van der Waals surface area contributed by atoms with Gasteiger partial charge in [0.05, 0.1) is 6.61 Å². The number of fused-ring (bicyclic) bond motifs is 1. The van der Waals surface area contributed by atoms with Crippen LogP contribution in [0.25, 0.3) is 0 Å². The molecular formula is C28H24N2O6S. The van der Waals surface area contributed by atoms with E-state index in [1.807, 2.05) is 12.1 Å². The molecule has 9 heteroatoms. The van der Waals surface area contributed by atoms with Crippen LogP contribution in [0, 0.1) is 0 Å². The fourth-order valence-electron chi connectivity index (χ4n) is 4.57. The number of benzene rings is 3. The summed E-state index contributed by atoms with van der Waals surface area (Å²) in [6, 6.07) is 23.7. The van der Waals surface area contributed by atoms with Gasteiger partial charge in [-0.1, -0.05) is 72.8 Å². The Kier molecular flexibility index (Phi) is 6.73. The summed E-state index contributed by atoms with van der Waals surface area (Å²) in [5.41, 5.74) is 0.213. The molecule has 188 valence electrons. The van der Waals surface area contributed by atoms with Gasteiger partial charge < -0.3 is 20.3 Å². The van der Waals surface area contributed by atoms with Gasteiger partial charge in [-0.15, -0.1) is 11.8 Å². The monoisotopic (exact) mass is 516 g/mol. The van der Waals surface area contributed by atoms with Crippen molar-refractivity contribution in [2.45, 2.75) is 23.6 Å². The van der Waals surface area contributed by atoms with E-state index in [-0.39, 0.29) is 18.1 Å². The number of carbonyl (C=O) groups excluding carboxylic acids is 2. The second-order valence-electron chi connectivity index (χ2n) is 8.65. The molecule has 0 spiro atoms. The summed E-state index contributed by atoms with van der Waals surface area (Å²) in [4.78, 5) is 40.0. The minimum absolute atomic E-state index is 0.0479. The Morgan fingerprint density at radius 2 is 1.57 bits per heavy atom. The first-order chi connectivity index (χ1) is 17.9. The molecule has 1 fully saturated rings. The Bertz CT molecular complexity index is 1300. The van der Waals surface area contributed by atoms with Gasteiger partial charge in [-0.2, -0.15) is 0 Å². The lowest BCUT2D eigenvalue weighted by atomic mass is 9.84. The molecule has 0 bridgehead atoms. The zero-order valence-electron chi connectivity index (χ0n) is 19.6. The van der Waals surface area contributed by atoms with Gasteiger partial charge in [-0.05, 0) is 34.9 Å². The van der Waals surface area contributed by atoms with Crippen molar-refractivity contribution in [3.8, 4) is 5.75 Å². The number of carboxylic acids is 1. The number of β-lactam (4-membered cyclic amide) rings is 1. The Morgan fingerprint density at radius 3 is 2.14 bits per heavy atom. The van der Waals surface area contributed by atoms with Gasteiger partial charge in [0.15, 0.2) is 5.60 Å².